The van der Waals surface area contributed by atoms with Crippen LogP contribution in [0.4, 0.5) is 5.69 Å². The zero-order chi connectivity index (χ0) is 29.2. The Hall–Kier alpha value is -2.86. The second-order valence-electron chi connectivity index (χ2n) is 9.52. The van der Waals surface area contributed by atoms with Gasteiger partial charge in [-0.1, -0.05) is 18.2 Å². The van der Waals surface area contributed by atoms with Gasteiger partial charge < -0.3 is 30.1 Å². The van der Waals surface area contributed by atoms with E-state index >= 15 is 0 Å². The number of thiophene rings is 1. The van der Waals surface area contributed by atoms with Crippen LogP contribution in [0.2, 0.25) is 0 Å². The molecule has 1 saturated heterocycles. The van der Waals surface area contributed by atoms with Gasteiger partial charge in [-0.2, -0.15) is 9.98 Å². The fourth-order valence-corrected chi connectivity index (χ4v) is 7.22. The molecule has 2 heterocycles. The van der Waals surface area contributed by atoms with E-state index in [4.69, 9.17) is 4.74 Å². The topological polar surface area (TPSA) is 163 Å². The van der Waals surface area contributed by atoms with Gasteiger partial charge in [0.15, 0.2) is 11.2 Å². The number of fused-ring (bicyclic) bond motifs is 1. The Morgan fingerprint density at radius 1 is 1.05 bits per heavy atom. The van der Waals surface area contributed by atoms with E-state index in [-0.39, 0.29) is 5.57 Å². The molecule has 5 N–H and O–H groups in total. The number of nitriles is 1. The molecular weight excluding hydrogens is 554 g/mol. The predicted molar refractivity (Wildman–Crippen MR) is 155 cm³/mol. The molecule has 1 aliphatic rings. The Bertz CT molecular complexity index is 1540. The predicted octanol–water partition coefficient (Wildman–Crippen LogP) is 2.39. The first-order valence-electron chi connectivity index (χ1n) is 12.9. The summed E-state index contributed by atoms with van der Waals surface area (Å²) in [5.41, 5.74) is 2.29. The highest BCUT2D eigenvalue weighted by molar-refractivity contribution is 7.93. The number of aliphatic hydroxyl groups is 4. The first kappa shape index (κ1) is 30.1. The number of nitrogens with zero attached hydrogens (tertiary/aromatic N) is 2. The minimum atomic E-state index is -4.54. The molecule has 214 valence electrons. The van der Waals surface area contributed by atoms with Crippen molar-refractivity contribution in [2.45, 2.75) is 51.4 Å². The third kappa shape index (κ3) is 5.93. The summed E-state index contributed by atoms with van der Waals surface area (Å²) in [4.78, 5) is 3.12. The van der Waals surface area contributed by atoms with E-state index in [2.05, 4.69) is 47.7 Å². The van der Waals surface area contributed by atoms with Crippen molar-refractivity contribution in [3.05, 3.63) is 58.3 Å². The lowest BCUT2D eigenvalue weighted by molar-refractivity contribution is -0.251. The van der Waals surface area contributed by atoms with Crippen LogP contribution in [0.1, 0.15) is 25.6 Å². The van der Waals surface area contributed by atoms with Crippen LogP contribution in [0, 0.1) is 11.3 Å². The number of hydrogen-bond donors (Lipinski definition) is 5. The van der Waals surface area contributed by atoms with Crippen LogP contribution in [-0.4, -0.2) is 79.2 Å². The summed E-state index contributed by atoms with van der Waals surface area (Å²) in [6, 6.07) is 16.1. The average molecular weight is 588 g/mol. The lowest BCUT2D eigenvalue weighted by atomic mass is 9.98. The van der Waals surface area contributed by atoms with Crippen molar-refractivity contribution in [1.82, 2.24) is 4.72 Å². The van der Waals surface area contributed by atoms with Crippen LogP contribution < -0.4 is 9.62 Å². The van der Waals surface area contributed by atoms with Crippen molar-refractivity contribution in [2.75, 3.05) is 24.6 Å². The maximum atomic E-state index is 13.1. The van der Waals surface area contributed by atoms with E-state index in [1.165, 1.54) is 18.3 Å². The number of anilines is 1. The molecule has 3 aromatic rings. The first-order valence-corrected chi connectivity index (χ1v) is 15.2. The summed E-state index contributed by atoms with van der Waals surface area (Å²) in [5.74, 6) is 0. The van der Waals surface area contributed by atoms with E-state index in [0.29, 0.717) is 4.88 Å². The van der Waals surface area contributed by atoms with E-state index < -0.39 is 52.2 Å². The molecule has 5 atom stereocenters. The highest BCUT2D eigenvalue weighted by Crippen LogP contribution is 2.36. The Balaban J connectivity index is 1.60. The molecule has 4 rings (SSSR count). The van der Waals surface area contributed by atoms with Gasteiger partial charge in [-0.15, -0.1) is 11.3 Å². The largest absolute Gasteiger partial charge is 0.394 e. The van der Waals surface area contributed by atoms with Gasteiger partial charge in [0.05, 0.1) is 6.61 Å². The smallest absolute Gasteiger partial charge is 0.251 e. The van der Waals surface area contributed by atoms with Crippen LogP contribution in [-0.2, 0) is 14.8 Å². The SMILES string of the molecule is CCN(CC)c1ccc2cc(-c3ccc(/C(C)=C(\C#N)S(=O)(=O)N[C@H]4C(O)O[C@H](CO)[C@@H](O)[C@@H]4O)s3)ccc2c1. The standard InChI is InChI=1S/C28H33N3O7S2/c1-4-31(5-2)20-9-8-17-12-19(7-6-18(17)13-20)23-11-10-22(39-23)16(3)24(14-29)40(36,37)30-25-27(34)26(33)21(15-32)38-28(25)35/h6-13,21,25-28,30,32-35H,4-5,15H2,1-3H3/b24-16+/t21-,25-,26-,27-,28?/m1/s1. The minimum absolute atomic E-state index is 0.186. The normalized spacial score (nSPS) is 24.0. The Morgan fingerprint density at radius 3 is 2.38 bits per heavy atom. The summed E-state index contributed by atoms with van der Waals surface area (Å²) in [7, 11) is -4.54. The minimum Gasteiger partial charge on any atom is -0.394 e. The number of sulfonamides is 1. The van der Waals surface area contributed by atoms with Crippen molar-refractivity contribution < 1.29 is 33.6 Å². The summed E-state index contributed by atoms with van der Waals surface area (Å²) >= 11 is 1.33. The van der Waals surface area contributed by atoms with Crippen molar-refractivity contribution in [2.24, 2.45) is 0 Å². The summed E-state index contributed by atoms with van der Waals surface area (Å²) in [5, 5.41) is 51.8. The summed E-state index contributed by atoms with van der Waals surface area (Å²) < 4.78 is 33.4. The molecule has 10 nitrogen and oxygen atoms in total. The number of nitrogens with one attached hydrogen (secondary N) is 1. The maximum Gasteiger partial charge on any atom is 0.251 e. The molecule has 0 aliphatic carbocycles. The van der Waals surface area contributed by atoms with Crippen molar-refractivity contribution >= 4 is 43.4 Å². The molecule has 1 unspecified atom stereocenters. The molecule has 12 heteroatoms. The second kappa shape index (κ2) is 12.3. The highest BCUT2D eigenvalue weighted by Gasteiger charge is 2.45. The summed E-state index contributed by atoms with van der Waals surface area (Å²) in [6.45, 7) is 6.89. The van der Waals surface area contributed by atoms with Crippen LogP contribution >= 0.6 is 11.3 Å². The Morgan fingerprint density at radius 2 is 1.73 bits per heavy atom. The molecule has 0 bridgehead atoms. The molecule has 0 spiro atoms. The highest BCUT2D eigenvalue weighted by atomic mass is 32.2. The van der Waals surface area contributed by atoms with Crippen molar-refractivity contribution in [3.63, 3.8) is 0 Å². The number of ether oxygens (including phenoxy) is 1. The van der Waals surface area contributed by atoms with E-state index in [0.717, 1.165) is 40.0 Å². The molecule has 1 aromatic heterocycles. The van der Waals surface area contributed by atoms with Gasteiger partial charge >= 0.3 is 0 Å². The Kier molecular flexibility index (Phi) is 9.29. The summed E-state index contributed by atoms with van der Waals surface area (Å²) in [6.07, 6.45) is -6.57. The number of rotatable bonds is 9. The van der Waals surface area contributed by atoms with Crippen molar-refractivity contribution in [1.29, 1.82) is 5.26 Å². The third-order valence-electron chi connectivity index (χ3n) is 7.11. The van der Waals surface area contributed by atoms with Gasteiger partial charge in [0.1, 0.15) is 30.4 Å². The van der Waals surface area contributed by atoms with Crippen molar-refractivity contribution in [3.8, 4) is 16.5 Å². The molecule has 1 fully saturated rings. The van der Waals surface area contributed by atoms with Gasteiger partial charge in [0.2, 0.25) is 0 Å². The Labute approximate surface area is 237 Å². The van der Waals surface area contributed by atoms with Crippen LogP contribution in [0.15, 0.2) is 53.4 Å². The molecular formula is C28H33N3O7S2. The van der Waals surface area contributed by atoms with E-state index in [1.807, 2.05) is 18.2 Å². The molecule has 0 amide bonds. The van der Waals surface area contributed by atoms with Gasteiger partial charge in [0.25, 0.3) is 10.0 Å². The van der Waals surface area contributed by atoms with Crippen LogP contribution in [0.3, 0.4) is 0 Å². The quantitative estimate of drug-likeness (QED) is 0.237. The fraction of sp³-hybridized carbons (Fsp3) is 0.393. The number of benzene rings is 2. The number of allylic oxidation sites excluding steroid dienone is 2. The molecule has 2 aromatic carbocycles. The zero-order valence-corrected chi connectivity index (χ0v) is 24.0. The first-order chi connectivity index (χ1) is 19.0. The lowest BCUT2D eigenvalue weighted by Gasteiger charge is -2.40. The van der Waals surface area contributed by atoms with Crippen LogP contribution in [0.5, 0.6) is 0 Å². The van der Waals surface area contributed by atoms with Gasteiger partial charge in [-0.05, 0) is 73.0 Å². The molecule has 40 heavy (non-hydrogen) atoms. The lowest BCUT2D eigenvalue weighted by Crippen LogP contribution is -2.64. The van der Waals surface area contributed by atoms with Gasteiger partial charge in [-0.25, -0.2) is 8.42 Å². The fourth-order valence-electron chi connectivity index (χ4n) is 4.79. The zero-order valence-electron chi connectivity index (χ0n) is 22.4. The molecule has 1 aliphatic heterocycles. The van der Waals surface area contributed by atoms with E-state index in [1.54, 1.807) is 12.1 Å². The molecule has 0 radical (unpaired) electrons. The number of aliphatic hydroxyl groups excluding tert-OH is 4. The van der Waals surface area contributed by atoms with Crippen LogP contribution in [0.25, 0.3) is 26.8 Å². The monoisotopic (exact) mass is 587 g/mol. The third-order valence-corrected chi connectivity index (χ3v) is 9.89. The number of hydrogen-bond acceptors (Lipinski definition) is 10. The molecule has 0 saturated carbocycles. The van der Waals surface area contributed by atoms with Gasteiger partial charge in [0, 0.05) is 28.5 Å². The van der Waals surface area contributed by atoms with E-state index in [9.17, 15) is 34.1 Å². The average Bonchev–Trinajstić information content (AvgIpc) is 3.44. The maximum absolute atomic E-state index is 13.1. The second-order valence-corrected chi connectivity index (χ2v) is 12.3. The van der Waals surface area contributed by atoms with Gasteiger partial charge in [-0.3, -0.25) is 0 Å².